The predicted octanol–water partition coefficient (Wildman–Crippen LogP) is 9.77. The molecule has 0 heterocycles. The van der Waals surface area contributed by atoms with Gasteiger partial charge in [-0.25, -0.2) is 0 Å². The van der Waals surface area contributed by atoms with E-state index >= 15 is 0 Å². The average Bonchev–Trinajstić information content (AvgIpc) is 3.34. The number of hydrogen-bond acceptors (Lipinski definition) is 0. The Morgan fingerprint density at radius 1 is 0.388 bits per heavy atom. The third-order valence-electron chi connectivity index (χ3n) is 11.0. The summed E-state index contributed by atoms with van der Waals surface area (Å²) in [4.78, 5) is 0. The highest BCUT2D eigenvalue weighted by atomic mass is 28.3. The fourth-order valence-electron chi connectivity index (χ4n) is 8.41. The van der Waals surface area contributed by atoms with Gasteiger partial charge in [-0.15, -0.1) is 0 Å². The van der Waals surface area contributed by atoms with Crippen LogP contribution in [0.2, 0.25) is 0 Å². The SMILES string of the molecule is CC1=C(C)C(C)C([Si](c2ccccc2Cc2ccccc2)(c2ccccc2Cc2ccccc2)c2ccccc2Cc2ccccc2)=C1C. The summed E-state index contributed by atoms with van der Waals surface area (Å²) in [7, 11) is -2.96. The Bertz CT molecular complexity index is 1910. The lowest BCUT2D eigenvalue weighted by Gasteiger charge is -2.42. The average molecular weight is 651 g/mol. The first-order valence-corrected chi connectivity index (χ1v) is 19.7. The molecule has 0 nitrogen and oxygen atoms in total. The van der Waals surface area contributed by atoms with Crippen molar-refractivity contribution in [1.29, 1.82) is 0 Å². The third-order valence-corrected chi connectivity index (χ3v) is 16.5. The van der Waals surface area contributed by atoms with Crippen LogP contribution in [0.3, 0.4) is 0 Å². The molecule has 0 fully saturated rings. The molecule has 0 bridgehead atoms. The van der Waals surface area contributed by atoms with Crippen LogP contribution in [0, 0.1) is 5.92 Å². The second-order valence-corrected chi connectivity index (χ2v) is 17.4. The molecule has 242 valence electrons. The molecule has 7 rings (SSSR count). The van der Waals surface area contributed by atoms with Gasteiger partial charge in [0.25, 0.3) is 0 Å². The van der Waals surface area contributed by atoms with Gasteiger partial charge in [0.05, 0.1) is 0 Å². The lowest BCUT2D eigenvalue weighted by atomic mass is 10.0. The van der Waals surface area contributed by atoms with Gasteiger partial charge < -0.3 is 0 Å². The van der Waals surface area contributed by atoms with Crippen LogP contribution >= 0.6 is 0 Å². The molecule has 0 N–H and O–H groups in total. The van der Waals surface area contributed by atoms with Crippen molar-refractivity contribution in [2.45, 2.75) is 47.0 Å². The molecule has 6 aromatic carbocycles. The fraction of sp³-hybridized carbons (Fsp3) is 0.167. The molecule has 1 aliphatic carbocycles. The Kier molecular flexibility index (Phi) is 9.46. The molecule has 0 saturated heterocycles. The summed E-state index contributed by atoms with van der Waals surface area (Å²) in [6.45, 7) is 9.62. The van der Waals surface area contributed by atoms with Crippen molar-refractivity contribution in [2.75, 3.05) is 0 Å². The third kappa shape index (κ3) is 6.20. The van der Waals surface area contributed by atoms with Crippen molar-refractivity contribution < 1.29 is 0 Å². The molecule has 49 heavy (non-hydrogen) atoms. The monoisotopic (exact) mass is 650 g/mol. The standard InChI is InChI=1S/C48H46Si/c1-35-36(2)38(4)48(37(35)3)49(45-29-17-14-26-42(45)32-39-20-8-5-9-21-39,46-30-18-15-27-43(46)33-40-22-10-6-11-23-40)47-31-19-16-28-44(47)34-41-24-12-7-13-25-41/h5-31,37H,32-34H2,1-4H3. The van der Waals surface area contributed by atoms with Gasteiger partial charge in [0.15, 0.2) is 8.07 Å². The van der Waals surface area contributed by atoms with Gasteiger partial charge in [-0.3, -0.25) is 0 Å². The number of allylic oxidation sites excluding steroid dienone is 4. The zero-order chi connectivity index (χ0) is 33.8. The predicted molar refractivity (Wildman–Crippen MR) is 212 cm³/mol. The van der Waals surface area contributed by atoms with Crippen molar-refractivity contribution in [1.82, 2.24) is 0 Å². The highest BCUT2D eigenvalue weighted by molar-refractivity contribution is 7.17. The Morgan fingerprint density at radius 2 is 0.694 bits per heavy atom. The van der Waals surface area contributed by atoms with Gasteiger partial charge in [0, 0.05) is 0 Å². The van der Waals surface area contributed by atoms with Crippen molar-refractivity contribution in [3.8, 4) is 0 Å². The first kappa shape index (κ1) is 32.6. The Hall–Kier alpha value is -4.98. The second-order valence-electron chi connectivity index (χ2n) is 13.8. The fourth-order valence-corrected chi connectivity index (χ4v) is 14.8. The molecular formula is C48H46Si. The molecule has 1 heteroatoms. The maximum absolute atomic E-state index is 2.96. The molecule has 6 aromatic rings. The molecule has 0 saturated carbocycles. The molecule has 0 aliphatic heterocycles. The van der Waals surface area contributed by atoms with Crippen LogP contribution in [0.25, 0.3) is 0 Å². The van der Waals surface area contributed by atoms with Gasteiger partial charge in [-0.1, -0.05) is 187 Å². The molecule has 1 unspecified atom stereocenters. The first-order chi connectivity index (χ1) is 24.0. The summed E-state index contributed by atoms with van der Waals surface area (Å²) in [5.74, 6) is 0.339. The molecular weight excluding hydrogens is 605 g/mol. The zero-order valence-electron chi connectivity index (χ0n) is 29.3. The molecule has 0 radical (unpaired) electrons. The van der Waals surface area contributed by atoms with Gasteiger partial charge >= 0.3 is 0 Å². The minimum Gasteiger partial charge on any atom is -0.0636 e. The minimum absolute atomic E-state index is 0.339. The largest absolute Gasteiger partial charge is 0.177 e. The molecule has 0 amide bonds. The number of rotatable bonds is 10. The number of benzene rings is 6. The summed E-state index contributed by atoms with van der Waals surface area (Å²) in [5, 5.41) is 6.19. The van der Waals surface area contributed by atoms with Gasteiger partial charge in [0.2, 0.25) is 0 Å². The summed E-state index contributed by atoms with van der Waals surface area (Å²) >= 11 is 0. The van der Waals surface area contributed by atoms with E-state index in [0.717, 1.165) is 19.3 Å². The smallest absolute Gasteiger partial charge is 0.0636 e. The van der Waals surface area contributed by atoms with Crippen molar-refractivity contribution in [2.24, 2.45) is 5.92 Å². The number of hydrogen-bond donors (Lipinski definition) is 0. The summed E-state index contributed by atoms with van der Waals surface area (Å²) in [5.41, 5.74) is 12.8. The van der Waals surface area contributed by atoms with Crippen molar-refractivity contribution >= 4 is 23.6 Å². The van der Waals surface area contributed by atoms with E-state index in [-0.39, 0.29) is 0 Å². The van der Waals surface area contributed by atoms with Crippen molar-refractivity contribution in [3.05, 3.63) is 219 Å². The summed E-state index contributed by atoms with van der Waals surface area (Å²) in [6.07, 6.45) is 2.71. The van der Waals surface area contributed by atoms with Crippen LogP contribution in [-0.2, 0) is 19.3 Å². The zero-order valence-corrected chi connectivity index (χ0v) is 30.3. The Morgan fingerprint density at radius 3 is 1.00 bits per heavy atom. The first-order valence-electron chi connectivity index (χ1n) is 17.7. The molecule has 1 atom stereocenters. The van der Waals surface area contributed by atoms with Crippen LogP contribution < -0.4 is 15.6 Å². The van der Waals surface area contributed by atoms with E-state index in [2.05, 4.69) is 191 Å². The van der Waals surface area contributed by atoms with E-state index in [1.54, 1.807) is 5.20 Å². The maximum atomic E-state index is 2.50. The quantitative estimate of drug-likeness (QED) is 0.102. The Balaban J connectivity index is 1.61. The van der Waals surface area contributed by atoms with E-state index in [1.807, 2.05) is 0 Å². The lowest BCUT2D eigenvalue weighted by Crippen LogP contribution is -2.71. The van der Waals surface area contributed by atoms with E-state index in [4.69, 9.17) is 0 Å². The van der Waals surface area contributed by atoms with Crippen LogP contribution in [0.15, 0.2) is 186 Å². The Labute approximate surface area is 294 Å². The van der Waals surface area contributed by atoms with Crippen LogP contribution in [0.1, 0.15) is 61.1 Å². The highest BCUT2D eigenvalue weighted by Crippen LogP contribution is 2.42. The van der Waals surface area contributed by atoms with E-state index < -0.39 is 8.07 Å². The summed E-state index contributed by atoms with van der Waals surface area (Å²) < 4.78 is 0. The normalized spacial score (nSPS) is 14.8. The molecule has 0 aromatic heterocycles. The van der Waals surface area contributed by atoms with Crippen molar-refractivity contribution in [3.63, 3.8) is 0 Å². The summed E-state index contributed by atoms with van der Waals surface area (Å²) in [6, 6.07) is 61.5. The van der Waals surface area contributed by atoms with E-state index in [9.17, 15) is 0 Å². The van der Waals surface area contributed by atoms with Gasteiger partial charge in [-0.2, -0.15) is 0 Å². The van der Waals surface area contributed by atoms with E-state index in [1.165, 1.54) is 65.7 Å². The van der Waals surface area contributed by atoms with Gasteiger partial charge in [-0.05, 0) is 100 Å². The highest BCUT2D eigenvalue weighted by Gasteiger charge is 2.50. The lowest BCUT2D eigenvalue weighted by molar-refractivity contribution is 0.851. The van der Waals surface area contributed by atoms with Crippen LogP contribution in [0.4, 0.5) is 0 Å². The topological polar surface area (TPSA) is 0 Å². The van der Waals surface area contributed by atoms with E-state index in [0.29, 0.717) is 5.92 Å². The molecule has 0 spiro atoms. The molecule has 1 aliphatic rings. The van der Waals surface area contributed by atoms with Crippen LogP contribution in [0.5, 0.6) is 0 Å². The maximum Gasteiger partial charge on any atom is 0.177 e. The van der Waals surface area contributed by atoms with Crippen LogP contribution in [-0.4, -0.2) is 8.07 Å². The van der Waals surface area contributed by atoms with Gasteiger partial charge in [0.1, 0.15) is 0 Å². The second kappa shape index (κ2) is 14.2. The minimum atomic E-state index is -2.96.